The molecule has 0 spiro atoms. The van der Waals surface area contributed by atoms with Crippen molar-refractivity contribution >= 4 is 0 Å². The van der Waals surface area contributed by atoms with Gasteiger partial charge in [-0.2, -0.15) is 0 Å². The Kier molecular flexibility index (Phi) is 6.76. The third kappa shape index (κ3) is 5.52. The zero-order valence-corrected chi connectivity index (χ0v) is 15.1. The summed E-state index contributed by atoms with van der Waals surface area (Å²) in [5, 5.41) is 9.59. The van der Waals surface area contributed by atoms with Gasteiger partial charge in [-0.3, -0.25) is 4.90 Å². The van der Waals surface area contributed by atoms with Gasteiger partial charge in [0.25, 0.3) is 0 Å². The van der Waals surface area contributed by atoms with Crippen molar-refractivity contribution in [3.63, 3.8) is 0 Å². The molecule has 2 nitrogen and oxygen atoms in total. The van der Waals surface area contributed by atoms with Gasteiger partial charge < -0.3 is 5.11 Å². The highest BCUT2D eigenvalue weighted by Gasteiger charge is 2.18. The predicted octanol–water partition coefficient (Wildman–Crippen LogP) is 4.41. The third-order valence-corrected chi connectivity index (χ3v) is 4.29. The van der Waals surface area contributed by atoms with Gasteiger partial charge in [-0.15, -0.1) is 0 Å². The van der Waals surface area contributed by atoms with Crippen LogP contribution < -0.4 is 0 Å². The summed E-state index contributed by atoms with van der Waals surface area (Å²) in [5.41, 5.74) is 2.97. The molecule has 0 aromatic heterocycles. The topological polar surface area (TPSA) is 23.5 Å². The second-order valence-electron chi connectivity index (χ2n) is 6.27. The van der Waals surface area contributed by atoms with Crippen molar-refractivity contribution in [1.82, 2.24) is 4.90 Å². The van der Waals surface area contributed by atoms with Gasteiger partial charge in [0.1, 0.15) is 5.82 Å². The zero-order chi connectivity index (χ0) is 18.9. The van der Waals surface area contributed by atoms with Crippen molar-refractivity contribution in [3.8, 4) is 11.8 Å². The fourth-order valence-corrected chi connectivity index (χ4v) is 2.95. The first-order valence-electron chi connectivity index (χ1n) is 8.97. The Hall–Kier alpha value is -2.93. The number of nitrogens with zero attached hydrogens (tertiary/aromatic N) is 1. The second kappa shape index (κ2) is 9.68. The van der Waals surface area contributed by atoms with Crippen LogP contribution in [-0.4, -0.2) is 23.2 Å². The number of aliphatic hydroxyl groups excluding tert-OH is 1. The van der Waals surface area contributed by atoms with E-state index in [2.05, 4.69) is 28.9 Å². The number of halogens is 1. The molecule has 0 aliphatic carbocycles. The van der Waals surface area contributed by atoms with Crippen molar-refractivity contribution in [2.24, 2.45) is 0 Å². The lowest BCUT2D eigenvalue weighted by Crippen LogP contribution is -2.30. The first-order chi connectivity index (χ1) is 13.3. The molecule has 0 radical (unpaired) electrons. The van der Waals surface area contributed by atoms with Crippen LogP contribution in [0.4, 0.5) is 4.39 Å². The lowest BCUT2D eigenvalue weighted by atomic mass is 10.0. The van der Waals surface area contributed by atoms with Crippen LogP contribution in [0.3, 0.4) is 0 Å². The smallest absolute Gasteiger partial charge is 0.123 e. The van der Waals surface area contributed by atoms with Crippen LogP contribution >= 0.6 is 0 Å². The maximum absolute atomic E-state index is 13.4. The van der Waals surface area contributed by atoms with Gasteiger partial charge in [0.15, 0.2) is 0 Å². The summed E-state index contributed by atoms with van der Waals surface area (Å²) in [6.07, 6.45) is 0. The van der Waals surface area contributed by atoms with Gasteiger partial charge in [0.2, 0.25) is 0 Å². The predicted molar refractivity (Wildman–Crippen MR) is 106 cm³/mol. The molecule has 0 saturated heterocycles. The Morgan fingerprint density at radius 1 is 0.852 bits per heavy atom. The Morgan fingerprint density at radius 2 is 1.48 bits per heavy atom. The van der Waals surface area contributed by atoms with E-state index in [0.29, 0.717) is 13.1 Å². The van der Waals surface area contributed by atoms with Gasteiger partial charge in [0.05, 0.1) is 12.6 Å². The molecule has 1 atom stereocenters. The minimum absolute atomic E-state index is 0.0253. The molecule has 136 valence electrons. The van der Waals surface area contributed by atoms with Crippen molar-refractivity contribution < 1.29 is 9.50 Å². The van der Waals surface area contributed by atoms with Gasteiger partial charge >= 0.3 is 0 Å². The van der Waals surface area contributed by atoms with Crippen molar-refractivity contribution in [3.05, 3.63) is 107 Å². The van der Waals surface area contributed by atoms with Crippen LogP contribution in [-0.2, 0) is 6.54 Å². The molecule has 1 unspecified atom stereocenters. The van der Waals surface area contributed by atoms with E-state index in [1.807, 2.05) is 48.5 Å². The fraction of sp³-hybridized carbons (Fsp3) is 0.167. The highest BCUT2D eigenvalue weighted by molar-refractivity contribution is 5.38. The average molecular weight is 359 g/mol. The van der Waals surface area contributed by atoms with Gasteiger partial charge in [-0.05, 0) is 35.4 Å². The highest BCUT2D eigenvalue weighted by atomic mass is 19.1. The molecular weight excluding hydrogens is 337 g/mol. The van der Waals surface area contributed by atoms with Crippen LogP contribution in [0.1, 0.15) is 22.7 Å². The Morgan fingerprint density at radius 3 is 2.11 bits per heavy atom. The summed E-state index contributed by atoms with van der Waals surface area (Å²) in [6.45, 7) is 1.14. The zero-order valence-electron chi connectivity index (χ0n) is 15.1. The summed E-state index contributed by atoms with van der Waals surface area (Å²) in [7, 11) is 0. The van der Waals surface area contributed by atoms with E-state index in [9.17, 15) is 9.50 Å². The molecular formula is C24H22FNO. The summed E-state index contributed by atoms with van der Waals surface area (Å²) in [5.74, 6) is 6.26. The fourth-order valence-electron chi connectivity index (χ4n) is 2.95. The summed E-state index contributed by atoms with van der Waals surface area (Å²) < 4.78 is 13.4. The molecule has 3 aromatic carbocycles. The third-order valence-electron chi connectivity index (χ3n) is 4.29. The molecule has 0 fully saturated rings. The molecule has 3 aromatic rings. The average Bonchev–Trinajstić information content (AvgIpc) is 2.71. The first-order valence-corrected chi connectivity index (χ1v) is 8.97. The molecule has 3 rings (SSSR count). The second-order valence-corrected chi connectivity index (χ2v) is 6.27. The summed E-state index contributed by atoms with van der Waals surface area (Å²) in [4.78, 5) is 2.11. The van der Waals surface area contributed by atoms with Gasteiger partial charge in [0, 0.05) is 18.7 Å². The lowest BCUT2D eigenvalue weighted by molar-refractivity contribution is 0.168. The number of benzene rings is 3. The molecule has 27 heavy (non-hydrogen) atoms. The van der Waals surface area contributed by atoms with E-state index in [1.165, 1.54) is 12.1 Å². The molecule has 0 saturated carbocycles. The molecule has 0 aliphatic rings. The van der Waals surface area contributed by atoms with Gasteiger partial charge in [-0.25, -0.2) is 4.39 Å². The van der Waals surface area contributed by atoms with Crippen molar-refractivity contribution in [2.45, 2.75) is 12.6 Å². The number of hydrogen-bond acceptors (Lipinski definition) is 2. The molecule has 1 N–H and O–H groups in total. The van der Waals surface area contributed by atoms with E-state index in [-0.39, 0.29) is 18.5 Å². The summed E-state index contributed by atoms with van der Waals surface area (Å²) in [6, 6.07) is 26.0. The van der Waals surface area contributed by atoms with E-state index in [0.717, 1.165) is 16.7 Å². The van der Waals surface area contributed by atoms with Crippen molar-refractivity contribution in [1.29, 1.82) is 0 Å². The Balaban J connectivity index is 1.95. The van der Waals surface area contributed by atoms with Crippen LogP contribution in [0.15, 0.2) is 84.9 Å². The molecule has 0 bridgehead atoms. The standard InChI is InChI=1S/C24H22FNO/c25-23-14-12-22(13-15-23)24(16-11-20-7-3-1-4-8-20)26(17-18-27)19-21-9-5-2-6-10-21/h1-10,12-15,24,27H,17-19H2. The van der Waals surface area contributed by atoms with Crippen LogP contribution in [0.2, 0.25) is 0 Å². The Bertz CT molecular complexity index is 882. The van der Waals surface area contributed by atoms with E-state index >= 15 is 0 Å². The monoisotopic (exact) mass is 359 g/mol. The lowest BCUT2D eigenvalue weighted by Gasteiger charge is -2.28. The van der Waals surface area contributed by atoms with Crippen LogP contribution in [0, 0.1) is 17.7 Å². The minimum atomic E-state index is -0.273. The number of aliphatic hydroxyl groups is 1. The summed E-state index contributed by atoms with van der Waals surface area (Å²) >= 11 is 0. The SMILES string of the molecule is OCCN(Cc1ccccc1)C(C#Cc1ccccc1)c1ccc(F)cc1. The Labute approximate surface area is 159 Å². The maximum atomic E-state index is 13.4. The molecule has 0 amide bonds. The normalized spacial score (nSPS) is 11.7. The molecule has 0 aliphatic heterocycles. The highest BCUT2D eigenvalue weighted by Crippen LogP contribution is 2.23. The van der Waals surface area contributed by atoms with Crippen LogP contribution in [0.5, 0.6) is 0 Å². The number of hydrogen-bond donors (Lipinski definition) is 1. The quantitative estimate of drug-likeness (QED) is 0.659. The molecule has 0 heterocycles. The van der Waals surface area contributed by atoms with E-state index < -0.39 is 0 Å². The largest absolute Gasteiger partial charge is 0.395 e. The minimum Gasteiger partial charge on any atom is -0.395 e. The number of rotatable bonds is 6. The molecule has 3 heteroatoms. The van der Waals surface area contributed by atoms with Crippen LogP contribution in [0.25, 0.3) is 0 Å². The van der Waals surface area contributed by atoms with Gasteiger partial charge in [-0.1, -0.05) is 72.5 Å². The van der Waals surface area contributed by atoms with E-state index in [1.54, 1.807) is 12.1 Å². The van der Waals surface area contributed by atoms with Crippen molar-refractivity contribution in [2.75, 3.05) is 13.2 Å². The first kappa shape index (κ1) is 18.8. The maximum Gasteiger partial charge on any atom is 0.123 e. The van der Waals surface area contributed by atoms with E-state index in [4.69, 9.17) is 0 Å².